The van der Waals surface area contributed by atoms with Gasteiger partial charge in [-0.3, -0.25) is 23.5 Å². The molecule has 1 heterocycles. The molecular formula is C27H32N4O9S. The molecule has 0 fully saturated rings. The van der Waals surface area contributed by atoms with Crippen LogP contribution in [0.5, 0.6) is 5.75 Å². The molecule has 1 aromatic heterocycles. The molecule has 1 amide bonds. The molecule has 13 nitrogen and oxygen atoms in total. The van der Waals surface area contributed by atoms with Crippen LogP contribution in [0.3, 0.4) is 0 Å². The standard InChI is InChI=1S/C27H32N4O9S/c1-10-23(11(2)40-29-10)41(5,39)30-15-7-6-12-8-13-9-14-19(31(3)4)22(34)18(26(28)37)25(36)27(14,38)24(35)17(13)21(33)16(12)20(15)32/h6-7,13-14,19,32,34-35,38,41H,8-9H2,1-5H3,(H2,28,37)(H,30,39)/t13-,14-,19+,27-/m0/s1. The van der Waals surface area contributed by atoms with E-state index >= 15 is 0 Å². The van der Waals surface area contributed by atoms with Crippen molar-refractivity contribution >= 4 is 33.3 Å². The number of aryl methyl sites for hydroxylation is 2. The number of aromatic hydroxyl groups is 1. The molecule has 7 N–H and O–H groups in total. The van der Waals surface area contributed by atoms with Crippen LogP contribution in [-0.4, -0.2) is 84.2 Å². The maximum absolute atomic E-state index is 13.9. The number of Topliss-reactive ketones (excluding diaryl/α,β-unsaturated/α-hetero) is 2. The number of amides is 1. The van der Waals surface area contributed by atoms with E-state index in [0.717, 1.165) is 0 Å². The Morgan fingerprint density at radius 3 is 2.44 bits per heavy atom. The smallest absolute Gasteiger partial charge is 0.255 e. The number of phenols is 1. The number of carbonyl (C=O) groups is 3. The molecule has 0 bridgehead atoms. The number of primary amides is 1. The van der Waals surface area contributed by atoms with Gasteiger partial charge in [-0.15, -0.1) is 0 Å². The number of benzene rings is 1. The molecule has 220 valence electrons. The van der Waals surface area contributed by atoms with Gasteiger partial charge in [0.25, 0.3) is 5.91 Å². The Kier molecular flexibility index (Phi) is 6.44. The number of anilines is 1. The first kappa shape index (κ1) is 28.5. The summed E-state index contributed by atoms with van der Waals surface area (Å²) >= 11 is 0. The van der Waals surface area contributed by atoms with Crippen molar-refractivity contribution in [1.29, 1.82) is 0 Å². The maximum Gasteiger partial charge on any atom is 0.255 e. The number of rotatable bonds is 5. The van der Waals surface area contributed by atoms with Crippen LogP contribution in [0.15, 0.2) is 44.2 Å². The number of phenolic OH excluding ortho intramolecular Hbond substituents is 1. The zero-order valence-corrected chi connectivity index (χ0v) is 23.9. The van der Waals surface area contributed by atoms with E-state index in [9.17, 15) is 39.0 Å². The van der Waals surface area contributed by atoms with E-state index in [0.29, 0.717) is 21.9 Å². The van der Waals surface area contributed by atoms with Gasteiger partial charge in [0.15, 0.2) is 17.1 Å². The fourth-order valence-electron chi connectivity index (χ4n) is 6.69. The Morgan fingerprint density at radius 1 is 1.22 bits per heavy atom. The topological polar surface area (TPSA) is 217 Å². The molecule has 0 saturated heterocycles. The number of aliphatic hydroxyl groups excluding tert-OH is 2. The van der Waals surface area contributed by atoms with Crippen molar-refractivity contribution in [3.8, 4) is 5.75 Å². The lowest BCUT2D eigenvalue weighted by atomic mass is 9.58. The monoisotopic (exact) mass is 588 g/mol. The predicted octanol–water partition coefficient (Wildman–Crippen LogP) is 0.758. The molecule has 14 heteroatoms. The van der Waals surface area contributed by atoms with Gasteiger partial charge in [0.2, 0.25) is 5.78 Å². The largest absolute Gasteiger partial charge is 0.510 e. The van der Waals surface area contributed by atoms with Gasteiger partial charge in [-0.25, -0.2) is 0 Å². The van der Waals surface area contributed by atoms with Crippen LogP contribution in [0.1, 0.15) is 33.8 Å². The minimum Gasteiger partial charge on any atom is -0.510 e. The molecule has 2 aromatic rings. The first-order chi connectivity index (χ1) is 19.0. The first-order valence-electron chi connectivity index (χ1n) is 12.8. The van der Waals surface area contributed by atoms with Gasteiger partial charge in [-0.05, 0) is 68.5 Å². The normalized spacial score (nSPS) is 26.6. The van der Waals surface area contributed by atoms with Crippen molar-refractivity contribution in [3.63, 3.8) is 0 Å². The maximum atomic E-state index is 13.9. The van der Waals surface area contributed by atoms with Crippen molar-refractivity contribution < 1.29 is 43.5 Å². The second-order valence-corrected chi connectivity index (χ2v) is 13.7. The zero-order chi connectivity index (χ0) is 30.3. The highest BCUT2D eigenvalue weighted by Crippen LogP contribution is 2.52. The molecule has 3 aliphatic rings. The molecule has 41 heavy (non-hydrogen) atoms. The lowest BCUT2D eigenvalue weighted by Gasteiger charge is -2.50. The van der Waals surface area contributed by atoms with Gasteiger partial charge in [-0.2, -0.15) is 0 Å². The molecule has 0 aliphatic heterocycles. The number of thiol groups is 1. The number of allylic oxidation sites excluding steroid dienone is 1. The molecule has 0 spiro atoms. The van der Waals surface area contributed by atoms with E-state index in [2.05, 4.69) is 9.88 Å². The first-order valence-corrected chi connectivity index (χ1v) is 15.0. The van der Waals surface area contributed by atoms with Gasteiger partial charge in [0, 0.05) is 17.7 Å². The van der Waals surface area contributed by atoms with Crippen molar-refractivity contribution in [1.82, 2.24) is 10.1 Å². The summed E-state index contributed by atoms with van der Waals surface area (Å²) in [7, 11) is -0.267. The minimum absolute atomic E-state index is 0.0112. The van der Waals surface area contributed by atoms with E-state index in [1.807, 2.05) is 0 Å². The predicted molar refractivity (Wildman–Crippen MR) is 147 cm³/mol. The molecule has 3 aliphatic carbocycles. The number of ketones is 2. The summed E-state index contributed by atoms with van der Waals surface area (Å²) in [5.74, 6) is -6.99. The fourth-order valence-corrected chi connectivity index (χ4v) is 8.74. The lowest BCUT2D eigenvalue weighted by molar-refractivity contribution is -0.148. The number of nitrogens with two attached hydrogens (primary N) is 1. The van der Waals surface area contributed by atoms with Crippen LogP contribution in [0.4, 0.5) is 5.69 Å². The summed E-state index contributed by atoms with van der Waals surface area (Å²) in [6.07, 6.45) is 1.56. The van der Waals surface area contributed by atoms with Gasteiger partial charge < -0.3 is 35.4 Å². The number of nitrogens with one attached hydrogen (secondary N) is 1. The quantitative estimate of drug-likeness (QED) is 0.147. The second-order valence-electron chi connectivity index (χ2n) is 11.2. The number of carbonyl (C=O) groups excluding carboxylic acids is 3. The van der Waals surface area contributed by atoms with E-state index < -0.39 is 73.9 Å². The minimum atomic E-state index is -3.40. The molecule has 0 saturated carbocycles. The van der Waals surface area contributed by atoms with Gasteiger partial charge in [0.05, 0.1) is 27.9 Å². The van der Waals surface area contributed by atoms with Crippen LogP contribution >= 0.6 is 0 Å². The van der Waals surface area contributed by atoms with Crippen LogP contribution in [0.25, 0.3) is 0 Å². The third-order valence-corrected chi connectivity index (χ3v) is 10.5. The Bertz CT molecular complexity index is 1640. The number of fused-ring (bicyclic) bond motifs is 3. The van der Waals surface area contributed by atoms with Gasteiger partial charge in [-0.1, -0.05) is 11.2 Å². The number of aliphatic hydroxyl groups is 3. The molecule has 4 atom stereocenters. The molecule has 0 unspecified atom stereocenters. The average molecular weight is 589 g/mol. The number of aromatic nitrogens is 1. The Hall–Kier alpha value is -4.01. The highest BCUT2D eigenvalue weighted by Gasteiger charge is 2.63. The third-order valence-electron chi connectivity index (χ3n) is 8.35. The lowest BCUT2D eigenvalue weighted by Crippen LogP contribution is -2.63. The molecule has 1 aromatic carbocycles. The summed E-state index contributed by atoms with van der Waals surface area (Å²) in [5, 5.41) is 49.0. The number of nitrogens with zero attached hydrogens (tertiary/aromatic N) is 2. The summed E-state index contributed by atoms with van der Waals surface area (Å²) in [4.78, 5) is 41.2. The van der Waals surface area contributed by atoms with Crippen molar-refractivity contribution in [2.45, 2.75) is 43.2 Å². The number of hydrogen-bond acceptors (Lipinski definition) is 11. The Morgan fingerprint density at radius 2 is 1.88 bits per heavy atom. The van der Waals surface area contributed by atoms with E-state index in [1.165, 1.54) is 17.2 Å². The molecular weight excluding hydrogens is 556 g/mol. The van der Waals surface area contributed by atoms with Crippen LogP contribution in [0, 0.1) is 25.7 Å². The summed E-state index contributed by atoms with van der Waals surface area (Å²) in [6.45, 7) is 3.23. The fraction of sp³-hybridized carbons (Fsp3) is 0.407. The molecule has 5 rings (SSSR count). The van der Waals surface area contributed by atoms with Crippen molar-refractivity contribution in [2.24, 2.45) is 17.6 Å². The van der Waals surface area contributed by atoms with E-state index in [-0.39, 0.29) is 29.7 Å². The Labute approximate surface area is 235 Å². The SMILES string of the molecule is Cc1noc(C)c1[SH](C)(=O)Nc1ccc2c(c1O)C(=O)C1=C(O)[C@]3(O)C(=O)C(C(N)=O)=C(O)[C@H](N(C)C)[C@@H]3C[C@@H]1C2. The van der Waals surface area contributed by atoms with Crippen LogP contribution in [-0.2, 0) is 26.1 Å². The van der Waals surface area contributed by atoms with Crippen LogP contribution < -0.4 is 10.5 Å². The number of hydrogen-bond donors (Lipinski definition) is 7. The summed E-state index contributed by atoms with van der Waals surface area (Å²) in [6, 6.07) is 2.02. The highest BCUT2D eigenvalue weighted by atomic mass is 32.3. The third kappa shape index (κ3) is 3.92. The van der Waals surface area contributed by atoms with Crippen LogP contribution in [0.2, 0.25) is 0 Å². The van der Waals surface area contributed by atoms with Gasteiger partial charge >= 0.3 is 0 Å². The Balaban J connectivity index is 1.62. The van der Waals surface area contributed by atoms with Crippen molar-refractivity contribution in [2.75, 3.05) is 25.1 Å². The number of likely N-dealkylation sites (N-methyl/N-ethyl adjacent to an activating group) is 1. The average Bonchev–Trinajstić information content (AvgIpc) is 3.21. The molecule has 0 radical (unpaired) electrons. The highest BCUT2D eigenvalue weighted by molar-refractivity contribution is 8.03. The van der Waals surface area contributed by atoms with Crippen molar-refractivity contribution in [3.05, 3.63) is 57.4 Å². The van der Waals surface area contributed by atoms with E-state index in [1.54, 1.807) is 34.0 Å². The second kappa shape index (κ2) is 9.26. The zero-order valence-electron chi connectivity index (χ0n) is 23.1. The summed E-state index contributed by atoms with van der Waals surface area (Å²) < 4.78 is 21.5. The van der Waals surface area contributed by atoms with Gasteiger partial charge in [0.1, 0.15) is 22.9 Å². The van der Waals surface area contributed by atoms with E-state index in [4.69, 9.17) is 10.3 Å². The summed E-state index contributed by atoms with van der Waals surface area (Å²) in [5.41, 5.74) is 2.13.